The number of amides is 2. The van der Waals surface area contributed by atoms with Crippen molar-refractivity contribution in [3.05, 3.63) is 24.8 Å². The van der Waals surface area contributed by atoms with Crippen LogP contribution >= 0.6 is 0 Å². The van der Waals surface area contributed by atoms with Crippen LogP contribution in [0.5, 0.6) is 6.01 Å². The molecule has 14 nitrogen and oxygen atoms in total. The zero-order valence-corrected chi connectivity index (χ0v) is 21.7. The van der Waals surface area contributed by atoms with Gasteiger partial charge >= 0.3 is 18.1 Å². The number of hydrogen-bond donors (Lipinski definition) is 2. The Balaban J connectivity index is 0.000000638. The van der Waals surface area contributed by atoms with Crippen molar-refractivity contribution >= 4 is 23.8 Å². The van der Waals surface area contributed by atoms with Crippen LogP contribution in [-0.4, -0.2) is 88.7 Å². The third kappa shape index (κ3) is 9.86. The summed E-state index contributed by atoms with van der Waals surface area (Å²) < 4.78 is 19.9. The molecular formula is C24H34N6O8. The number of nitrogens with two attached hydrogens (primary N) is 1. The average Bonchev–Trinajstić information content (AvgIpc) is 2.92. The fourth-order valence-electron chi connectivity index (χ4n) is 3.70. The molecule has 3 N–H and O–H groups in total. The van der Waals surface area contributed by atoms with Gasteiger partial charge < -0.3 is 29.8 Å². The minimum atomic E-state index is -0.915. The van der Waals surface area contributed by atoms with Gasteiger partial charge in [0.25, 0.3) is 5.91 Å². The number of anilines is 1. The molecule has 0 unspecified atom stereocenters. The lowest BCUT2D eigenvalue weighted by molar-refractivity contribution is -0.142. The number of methoxy groups -OCH3 is 1. The summed E-state index contributed by atoms with van der Waals surface area (Å²) in [6.45, 7) is 4.24. The molecule has 0 bridgehead atoms. The standard InChI is InChI=1S/C20H26N6O5.C4H8O3/c1-3-30-12-18(27)26(14-4-6-15(7-5-14)31-19(21)28)17-11-22-16(10-23-17)13-8-24-20(29-2)25-9-13;1-2-7-3-4(5)6/h8-11,14-15H,3-7,12H2,1-2H3,(H2,21,28);2-3H2,1H3,(H,5,6)/t14-,15-;. The normalized spacial score (nSPS) is 16.5. The maximum absolute atomic E-state index is 12.9. The summed E-state index contributed by atoms with van der Waals surface area (Å²) >= 11 is 0. The van der Waals surface area contributed by atoms with Crippen LogP contribution in [0, 0.1) is 0 Å². The van der Waals surface area contributed by atoms with Crippen molar-refractivity contribution in [1.29, 1.82) is 0 Å². The predicted molar refractivity (Wildman–Crippen MR) is 134 cm³/mol. The highest BCUT2D eigenvalue weighted by atomic mass is 16.6. The van der Waals surface area contributed by atoms with Gasteiger partial charge in [0, 0.05) is 37.2 Å². The monoisotopic (exact) mass is 534 g/mol. The molecule has 208 valence electrons. The molecule has 38 heavy (non-hydrogen) atoms. The molecule has 2 heterocycles. The second-order valence-corrected chi connectivity index (χ2v) is 8.02. The zero-order valence-electron chi connectivity index (χ0n) is 21.7. The van der Waals surface area contributed by atoms with Crippen molar-refractivity contribution in [2.24, 2.45) is 5.73 Å². The molecule has 1 fully saturated rings. The van der Waals surface area contributed by atoms with Crippen molar-refractivity contribution in [1.82, 2.24) is 19.9 Å². The molecule has 0 saturated heterocycles. The fourth-order valence-corrected chi connectivity index (χ4v) is 3.70. The number of carbonyl (C=O) groups is 3. The molecule has 0 aliphatic heterocycles. The van der Waals surface area contributed by atoms with Crippen molar-refractivity contribution in [3.63, 3.8) is 0 Å². The van der Waals surface area contributed by atoms with Gasteiger partial charge in [0.05, 0.1) is 25.2 Å². The number of carbonyl (C=O) groups excluding carboxylic acids is 2. The lowest BCUT2D eigenvalue weighted by atomic mass is 9.91. The van der Waals surface area contributed by atoms with Gasteiger partial charge in [-0.05, 0) is 39.5 Å². The van der Waals surface area contributed by atoms with E-state index in [4.69, 9.17) is 25.1 Å². The number of carboxylic acid groups (broad SMARTS) is 1. The van der Waals surface area contributed by atoms with Gasteiger partial charge in [-0.15, -0.1) is 0 Å². The molecule has 1 saturated carbocycles. The number of nitrogens with zero attached hydrogens (tertiary/aromatic N) is 5. The van der Waals surface area contributed by atoms with Gasteiger partial charge in [-0.25, -0.2) is 24.5 Å². The molecule has 2 aromatic heterocycles. The summed E-state index contributed by atoms with van der Waals surface area (Å²) in [6, 6.07) is 0.155. The Morgan fingerprint density at radius 3 is 2.05 bits per heavy atom. The first kappa shape index (κ1) is 30.3. The van der Waals surface area contributed by atoms with Crippen molar-refractivity contribution in [3.8, 4) is 17.3 Å². The summed E-state index contributed by atoms with van der Waals surface area (Å²) in [5.41, 5.74) is 6.36. The molecule has 2 aromatic rings. The van der Waals surface area contributed by atoms with Crippen LogP contribution in [0.25, 0.3) is 11.3 Å². The predicted octanol–water partition coefficient (Wildman–Crippen LogP) is 1.83. The second-order valence-electron chi connectivity index (χ2n) is 8.02. The largest absolute Gasteiger partial charge is 0.480 e. The fraction of sp³-hybridized carbons (Fsp3) is 0.542. The van der Waals surface area contributed by atoms with E-state index < -0.39 is 12.1 Å². The molecule has 0 radical (unpaired) electrons. The van der Waals surface area contributed by atoms with Gasteiger partial charge in [0.15, 0.2) is 5.82 Å². The maximum Gasteiger partial charge on any atom is 0.404 e. The van der Waals surface area contributed by atoms with Gasteiger partial charge in [0.1, 0.15) is 19.3 Å². The molecule has 0 aromatic carbocycles. The Labute approximate surface area is 220 Å². The topological polar surface area (TPSA) is 189 Å². The quantitative estimate of drug-likeness (QED) is 0.426. The summed E-state index contributed by atoms with van der Waals surface area (Å²) in [4.78, 5) is 52.2. The van der Waals surface area contributed by atoms with Gasteiger partial charge in [0.2, 0.25) is 0 Å². The second kappa shape index (κ2) is 16.0. The van der Waals surface area contributed by atoms with E-state index in [1.54, 1.807) is 36.6 Å². The number of aromatic nitrogens is 4. The minimum Gasteiger partial charge on any atom is -0.480 e. The molecular weight excluding hydrogens is 500 g/mol. The van der Waals surface area contributed by atoms with Gasteiger partial charge in [-0.3, -0.25) is 14.7 Å². The van der Waals surface area contributed by atoms with Crippen LogP contribution in [0.2, 0.25) is 0 Å². The van der Waals surface area contributed by atoms with E-state index in [9.17, 15) is 14.4 Å². The highest BCUT2D eigenvalue weighted by Gasteiger charge is 2.32. The molecule has 0 spiro atoms. The van der Waals surface area contributed by atoms with Crippen molar-refractivity contribution in [2.75, 3.05) is 38.4 Å². The van der Waals surface area contributed by atoms with Gasteiger partial charge in [-0.1, -0.05) is 0 Å². The first-order valence-electron chi connectivity index (χ1n) is 12.1. The number of hydrogen-bond acceptors (Lipinski definition) is 11. The number of primary amides is 1. The third-order valence-electron chi connectivity index (χ3n) is 5.41. The summed E-state index contributed by atoms with van der Waals surface area (Å²) in [5, 5.41) is 7.92. The van der Waals surface area contributed by atoms with E-state index in [2.05, 4.69) is 24.7 Å². The average molecular weight is 535 g/mol. The molecule has 3 rings (SSSR count). The van der Waals surface area contributed by atoms with E-state index in [0.717, 1.165) is 0 Å². The third-order valence-corrected chi connectivity index (χ3v) is 5.41. The Morgan fingerprint density at radius 1 is 0.947 bits per heavy atom. The number of carboxylic acids is 1. The highest BCUT2D eigenvalue weighted by Crippen LogP contribution is 2.29. The first-order valence-corrected chi connectivity index (χ1v) is 12.1. The van der Waals surface area contributed by atoms with E-state index in [1.165, 1.54) is 7.11 Å². The molecule has 0 atom stereocenters. The lowest BCUT2D eigenvalue weighted by Crippen LogP contribution is -2.46. The summed E-state index contributed by atoms with van der Waals surface area (Å²) in [7, 11) is 1.49. The Kier molecular flexibility index (Phi) is 12.8. The molecule has 14 heteroatoms. The van der Waals surface area contributed by atoms with Crippen LogP contribution in [0.1, 0.15) is 39.5 Å². The smallest absolute Gasteiger partial charge is 0.404 e. The zero-order chi connectivity index (χ0) is 27.9. The van der Waals surface area contributed by atoms with Crippen LogP contribution in [0.3, 0.4) is 0 Å². The van der Waals surface area contributed by atoms with Crippen LogP contribution in [-0.2, 0) is 23.8 Å². The molecule has 1 aliphatic carbocycles. The summed E-state index contributed by atoms with van der Waals surface area (Å²) in [6.07, 6.45) is 7.80. The van der Waals surface area contributed by atoms with Crippen molar-refractivity contribution < 1.29 is 38.4 Å². The highest BCUT2D eigenvalue weighted by molar-refractivity contribution is 5.94. The van der Waals surface area contributed by atoms with E-state index in [1.807, 2.05) is 6.92 Å². The minimum absolute atomic E-state index is 0.0516. The number of aliphatic carboxylic acids is 1. The first-order chi connectivity index (χ1) is 18.3. The Bertz CT molecular complexity index is 1010. The van der Waals surface area contributed by atoms with Crippen molar-refractivity contribution in [2.45, 2.75) is 51.7 Å². The Hall–Kier alpha value is -3.91. The van der Waals surface area contributed by atoms with Gasteiger partial charge in [-0.2, -0.15) is 0 Å². The SMILES string of the molecule is CCOCC(=O)N(c1cnc(-c2cnc(OC)nc2)cn1)[C@H]1CC[C@H](OC(N)=O)CC1.CCOCC(=O)O. The maximum atomic E-state index is 12.9. The van der Waals surface area contributed by atoms with Crippen LogP contribution in [0.15, 0.2) is 24.8 Å². The number of ether oxygens (including phenoxy) is 4. The molecule has 2 amide bonds. The number of rotatable bonds is 11. The molecule has 1 aliphatic rings. The van der Waals surface area contributed by atoms with Crippen LogP contribution < -0.4 is 15.4 Å². The lowest BCUT2D eigenvalue weighted by Gasteiger charge is -2.35. The van der Waals surface area contributed by atoms with E-state index >= 15 is 0 Å². The Morgan fingerprint density at radius 2 is 1.58 bits per heavy atom. The van der Waals surface area contributed by atoms with E-state index in [0.29, 0.717) is 56.0 Å². The summed E-state index contributed by atoms with van der Waals surface area (Å²) in [5.74, 6) is -0.681. The van der Waals surface area contributed by atoms with E-state index in [-0.39, 0.29) is 37.3 Å². The van der Waals surface area contributed by atoms with Crippen LogP contribution in [0.4, 0.5) is 10.6 Å².